The van der Waals surface area contributed by atoms with Gasteiger partial charge in [-0.15, -0.1) is 11.6 Å². The Morgan fingerprint density at radius 3 is 2.24 bits per heavy atom. The van der Waals surface area contributed by atoms with Gasteiger partial charge in [0.05, 0.1) is 0 Å². The Balaban J connectivity index is 2.53. The van der Waals surface area contributed by atoms with Crippen LogP contribution >= 0.6 is 46.4 Å². The van der Waals surface area contributed by atoms with E-state index in [2.05, 4.69) is 0 Å². The smallest absolute Gasteiger partial charge is 0.0488 e. The van der Waals surface area contributed by atoms with Crippen LogP contribution in [0.5, 0.6) is 0 Å². The number of hydrogen-bond acceptors (Lipinski definition) is 0. The lowest BCUT2D eigenvalue weighted by Crippen LogP contribution is -1.84. The molecule has 0 saturated heterocycles. The summed E-state index contributed by atoms with van der Waals surface area (Å²) in [5.74, 6) is 0.391. The molecule has 0 bridgehead atoms. The lowest BCUT2D eigenvalue weighted by Gasteiger charge is -2.07. The van der Waals surface area contributed by atoms with E-state index in [-0.39, 0.29) is 0 Å². The highest BCUT2D eigenvalue weighted by Gasteiger charge is 2.07. The van der Waals surface area contributed by atoms with Crippen LogP contribution in [0.1, 0.15) is 5.56 Å². The van der Waals surface area contributed by atoms with Crippen molar-refractivity contribution in [3.8, 4) is 11.1 Å². The summed E-state index contributed by atoms with van der Waals surface area (Å²) in [6.45, 7) is 0. The molecule has 0 amide bonds. The van der Waals surface area contributed by atoms with Crippen molar-refractivity contribution in [2.24, 2.45) is 0 Å². The van der Waals surface area contributed by atoms with Gasteiger partial charge in [-0.05, 0) is 35.4 Å². The Kier molecular flexibility index (Phi) is 4.22. The van der Waals surface area contributed by atoms with E-state index in [1.165, 1.54) is 0 Å². The van der Waals surface area contributed by atoms with Crippen LogP contribution < -0.4 is 0 Å². The van der Waals surface area contributed by atoms with E-state index in [4.69, 9.17) is 46.4 Å². The third-order valence-electron chi connectivity index (χ3n) is 2.44. The monoisotopic (exact) mass is 304 g/mol. The Bertz CT molecular complexity index is 549. The number of halogens is 4. The van der Waals surface area contributed by atoms with Gasteiger partial charge >= 0.3 is 0 Å². The van der Waals surface area contributed by atoms with Crippen LogP contribution in [0.4, 0.5) is 0 Å². The first-order chi connectivity index (χ1) is 8.11. The second-order valence-corrected chi connectivity index (χ2v) is 5.08. The average Bonchev–Trinajstić information content (AvgIpc) is 2.32. The maximum atomic E-state index is 6.13. The standard InChI is InChI=1S/C13H8Cl4/c14-7-9-2-1-8(5-13(9)17)11-6-10(15)3-4-12(11)16/h1-6H,7H2. The van der Waals surface area contributed by atoms with Crippen LogP contribution in [0.15, 0.2) is 36.4 Å². The highest BCUT2D eigenvalue weighted by Crippen LogP contribution is 2.33. The second kappa shape index (κ2) is 5.49. The van der Waals surface area contributed by atoms with Crippen molar-refractivity contribution in [1.82, 2.24) is 0 Å². The topological polar surface area (TPSA) is 0 Å². The fraction of sp³-hybridized carbons (Fsp3) is 0.0769. The molecule has 0 fully saturated rings. The maximum Gasteiger partial charge on any atom is 0.0488 e. The van der Waals surface area contributed by atoms with Gasteiger partial charge < -0.3 is 0 Å². The fourth-order valence-electron chi connectivity index (χ4n) is 1.54. The third kappa shape index (κ3) is 2.89. The highest BCUT2D eigenvalue weighted by atomic mass is 35.5. The molecule has 0 spiro atoms. The first kappa shape index (κ1) is 13.0. The molecule has 0 unspecified atom stereocenters. The third-order valence-corrected chi connectivity index (χ3v) is 3.64. The number of benzene rings is 2. The molecule has 0 saturated carbocycles. The summed E-state index contributed by atoms with van der Waals surface area (Å²) in [6.07, 6.45) is 0. The van der Waals surface area contributed by atoms with Crippen LogP contribution in [0, 0.1) is 0 Å². The quantitative estimate of drug-likeness (QED) is 0.592. The molecule has 0 N–H and O–H groups in total. The Morgan fingerprint density at radius 2 is 1.59 bits per heavy atom. The van der Waals surface area contributed by atoms with Gasteiger partial charge in [0.25, 0.3) is 0 Å². The molecule has 0 aliphatic rings. The summed E-state index contributed by atoms with van der Waals surface area (Å²) in [4.78, 5) is 0. The van der Waals surface area contributed by atoms with Crippen molar-refractivity contribution in [3.63, 3.8) is 0 Å². The van der Waals surface area contributed by atoms with E-state index < -0.39 is 0 Å². The molecule has 0 nitrogen and oxygen atoms in total. The highest BCUT2D eigenvalue weighted by molar-refractivity contribution is 6.36. The molecule has 2 aromatic carbocycles. The van der Waals surface area contributed by atoms with Gasteiger partial charge in [-0.1, -0.05) is 46.9 Å². The lowest BCUT2D eigenvalue weighted by atomic mass is 10.0. The molecule has 0 atom stereocenters. The molecular weight excluding hydrogens is 298 g/mol. The molecular formula is C13H8Cl4. The van der Waals surface area contributed by atoms with E-state index in [0.29, 0.717) is 20.9 Å². The van der Waals surface area contributed by atoms with Crippen LogP contribution in [0.2, 0.25) is 15.1 Å². The van der Waals surface area contributed by atoms with E-state index in [0.717, 1.165) is 16.7 Å². The molecule has 4 heteroatoms. The SMILES string of the molecule is ClCc1ccc(-c2cc(Cl)ccc2Cl)cc1Cl. The first-order valence-corrected chi connectivity index (χ1v) is 6.58. The van der Waals surface area contributed by atoms with Crippen LogP contribution in [0.3, 0.4) is 0 Å². The van der Waals surface area contributed by atoms with Gasteiger partial charge in [-0.25, -0.2) is 0 Å². The minimum atomic E-state index is 0.391. The fourth-order valence-corrected chi connectivity index (χ4v) is 2.49. The van der Waals surface area contributed by atoms with Gasteiger partial charge in [0.15, 0.2) is 0 Å². The predicted octanol–water partition coefficient (Wildman–Crippen LogP) is 6.05. The number of alkyl halides is 1. The van der Waals surface area contributed by atoms with Crippen molar-refractivity contribution in [2.45, 2.75) is 5.88 Å². The van der Waals surface area contributed by atoms with Crippen molar-refractivity contribution in [1.29, 1.82) is 0 Å². The van der Waals surface area contributed by atoms with Crippen molar-refractivity contribution in [2.75, 3.05) is 0 Å². The zero-order valence-electron chi connectivity index (χ0n) is 8.68. The molecule has 0 heterocycles. The lowest BCUT2D eigenvalue weighted by molar-refractivity contribution is 1.40. The van der Waals surface area contributed by atoms with Crippen LogP contribution in [-0.2, 0) is 5.88 Å². The number of hydrogen-bond donors (Lipinski definition) is 0. The van der Waals surface area contributed by atoms with Gasteiger partial charge in [-0.3, -0.25) is 0 Å². The van der Waals surface area contributed by atoms with E-state index in [1.807, 2.05) is 24.3 Å². The second-order valence-electron chi connectivity index (χ2n) is 3.56. The zero-order valence-corrected chi connectivity index (χ0v) is 11.7. The Hall–Kier alpha value is -0.400. The summed E-state index contributed by atoms with van der Waals surface area (Å²) in [6, 6.07) is 11.0. The molecule has 0 aliphatic carbocycles. The number of rotatable bonds is 2. The van der Waals surface area contributed by atoms with E-state index >= 15 is 0 Å². The summed E-state index contributed by atoms with van der Waals surface area (Å²) in [5.41, 5.74) is 2.69. The average molecular weight is 306 g/mol. The van der Waals surface area contributed by atoms with Crippen molar-refractivity contribution >= 4 is 46.4 Å². The Morgan fingerprint density at radius 1 is 0.824 bits per heavy atom. The van der Waals surface area contributed by atoms with Gasteiger partial charge in [0.1, 0.15) is 0 Å². The van der Waals surface area contributed by atoms with Gasteiger partial charge in [0, 0.05) is 26.5 Å². The first-order valence-electron chi connectivity index (χ1n) is 4.91. The normalized spacial score (nSPS) is 10.6. The van der Waals surface area contributed by atoms with Crippen LogP contribution in [0.25, 0.3) is 11.1 Å². The largest absolute Gasteiger partial charge is 0.121 e. The molecule has 17 heavy (non-hydrogen) atoms. The van der Waals surface area contributed by atoms with Gasteiger partial charge in [-0.2, -0.15) is 0 Å². The molecule has 88 valence electrons. The molecule has 0 aliphatic heterocycles. The molecule has 2 rings (SSSR count). The van der Waals surface area contributed by atoms with E-state index in [1.54, 1.807) is 12.1 Å². The zero-order chi connectivity index (χ0) is 12.4. The minimum absolute atomic E-state index is 0.391. The van der Waals surface area contributed by atoms with Gasteiger partial charge in [0.2, 0.25) is 0 Å². The van der Waals surface area contributed by atoms with Crippen molar-refractivity contribution < 1.29 is 0 Å². The Labute approximate surface area is 120 Å². The van der Waals surface area contributed by atoms with Crippen LogP contribution in [-0.4, -0.2) is 0 Å². The summed E-state index contributed by atoms with van der Waals surface area (Å²) in [7, 11) is 0. The predicted molar refractivity (Wildman–Crippen MR) is 76.5 cm³/mol. The van der Waals surface area contributed by atoms with Crippen molar-refractivity contribution in [3.05, 3.63) is 57.0 Å². The summed E-state index contributed by atoms with van der Waals surface area (Å²) < 4.78 is 0. The maximum absolute atomic E-state index is 6.13. The summed E-state index contributed by atoms with van der Waals surface area (Å²) >= 11 is 23.9. The molecule has 0 aromatic heterocycles. The molecule has 0 radical (unpaired) electrons. The summed E-state index contributed by atoms with van der Waals surface area (Å²) in [5, 5.41) is 1.92. The van der Waals surface area contributed by atoms with E-state index in [9.17, 15) is 0 Å². The minimum Gasteiger partial charge on any atom is -0.121 e. The molecule has 2 aromatic rings.